The summed E-state index contributed by atoms with van der Waals surface area (Å²) in [7, 11) is 3.52. The van der Waals surface area contributed by atoms with Crippen molar-refractivity contribution in [3.8, 4) is 11.8 Å². The number of benzene rings is 1. The van der Waals surface area contributed by atoms with Crippen molar-refractivity contribution >= 4 is 5.91 Å². The van der Waals surface area contributed by atoms with Crippen molar-refractivity contribution in [1.29, 1.82) is 0 Å². The summed E-state index contributed by atoms with van der Waals surface area (Å²) in [5.41, 5.74) is 6.90. The van der Waals surface area contributed by atoms with E-state index in [0.29, 0.717) is 25.1 Å². The third kappa shape index (κ3) is 5.39. The highest BCUT2D eigenvalue weighted by Gasteiger charge is 2.07. The topological polar surface area (TPSA) is 58.4 Å². The molecule has 5 heteroatoms. The SMILES string of the molecule is CNC(=O)CCN(C)Cc1ccc(F)cc1C#CCN. The van der Waals surface area contributed by atoms with Crippen LogP contribution in [0.15, 0.2) is 18.2 Å². The molecule has 1 aromatic carbocycles. The van der Waals surface area contributed by atoms with Crippen molar-refractivity contribution in [3.63, 3.8) is 0 Å². The number of amides is 1. The third-order valence-corrected chi connectivity index (χ3v) is 2.84. The Bertz CT molecular complexity index is 520. The van der Waals surface area contributed by atoms with E-state index in [1.807, 2.05) is 11.9 Å². The summed E-state index contributed by atoms with van der Waals surface area (Å²) in [6.07, 6.45) is 0.429. The first-order chi connectivity index (χ1) is 9.56. The van der Waals surface area contributed by atoms with Crippen LogP contribution in [0.2, 0.25) is 0 Å². The molecular weight excluding hydrogens is 257 g/mol. The minimum absolute atomic E-state index is 0.000831. The van der Waals surface area contributed by atoms with Crippen molar-refractivity contribution < 1.29 is 9.18 Å². The van der Waals surface area contributed by atoms with Crippen LogP contribution in [0.25, 0.3) is 0 Å². The number of carbonyl (C=O) groups is 1. The van der Waals surface area contributed by atoms with Gasteiger partial charge in [-0.05, 0) is 24.7 Å². The first-order valence-corrected chi connectivity index (χ1v) is 6.43. The van der Waals surface area contributed by atoms with Gasteiger partial charge >= 0.3 is 0 Å². The highest BCUT2D eigenvalue weighted by Crippen LogP contribution is 2.12. The molecule has 0 aliphatic rings. The molecule has 0 spiro atoms. The number of rotatable bonds is 5. The average Bonchev–Trinajstić information content (AvgIpc) is 2.44. The van der Waals surface area contributed by atoms with Crippen LogP contribution in [-0.4, -0.2) is 38.0 Å². The molecule has 1 amide bonds. The van der Waals surface area contributed by atoms with Gasteiger partial charge in [0.25, 0.3) is 0 Å². The van der Waals surface area contributed by atoms with E-state index in [2.05, 4.69) is 17.2 Å². The largest absolute Gasteiger partial charge is 0.359 e. The molecule has 3 N–H and O–H groups in total. The molecule has 0 saturated heterocycles. The van der Waals surface area contributed by atoms with Crippen LogP contribution in [0.4, 0.5) is 4.39 Å². The van der Waals surface area contributed by atoms with Gasteiger partial charge in [0.1, 0.15) is 5.82 Å². The number of hydrogen-bond acceptors (Lipinski definition) is 3. The molecule has 0 bridgehead atoms. The number of nitrogens with two attached hydrogens (primary N) is 1. The van der Waals surface area contributed by atoms with Crippen LogP contribution in [0.5, 0.6) is 0 Å². The molecule has 0 aromatic heterocycles. The van der Waals surface area contributed by atoms with Gasteiger partial charge in [0.05, 0.1) is 6.54 Å². The van der Waals surface area contributed by atoms with Gasteiger partial charge in [0.2, 0.25) is 5.91 Å². The minimum atomic E-state index is -0.317. The molecule has 0 unspecified atom stereocenters. The maximum absolute atomic E-state index is 13.2. The second kappa shape index (κ2) is 8.31. The van der Waals surface area contributed by atoms with E-state index in [0.717, 1.165) is 5.56 Å². The molecule has 0 fully saturated rings. The van der Waals surface area contributed by atoms with E-state index in [9.17, 15) is 9.18 Å². The summed E-state index contributed by atoms with van der Waals surface area (Å²) in [5.74, 6) is 5.29. The smallest absolute Gasteiger partial charge is 0.221 e. The van der Waals surface area contributed by atoms with Crippen molar-refractivity contribution in [2.45, 2.75) is 13.0 Å². The Kier molecular flexibility index (Phi) is 6.71. The number of halogens is 1. The monoisotopic (exact) mass is 277 g/mol. The van der Waals surface area contributed by atoms with Crippen molar-refractivity contribution in [2.24, 2.45) is 5.73 Å². The first kappa shape index (κ1) is 16.2. The molecular formula is C15H20FN3O. The van der Waals surface area contributed by atoms with Crippen LogP contribution in [0, 0.1) is 17.7 Å². The molecule has 4 nitrogen and oxygen atoms in total. The highest BCUT2D eigenvalue weighted by molar-refractivity contribution is 5.75. The summed E-state index contributed by atoms with van der Waals surface area (Å²) >= 11 is 0. The van der Waals surface area contributed by atoms with Gasteiger partial charge in [-0.2, -0.15) is 0 Å². The first-order valence-electron chi connectivity index (χ1n) is 6.43. The van der Waals surface area contributed by atoms with E-state index in [1.54, 1.807) is 13.1 Å². The predicted molar refractivity (Wildman–Crippen MR) is 77.4 cm³/mol. The van der Waals surface area contributed by atoms with Gasteiger partial charge in [-0.25, -0.2) is 4.39 Å². The van der Waals surface area contributed by atoms with Gasteiger partial charge in [-0.3, -0.25) is 4.79 Å². The Morgan fingerprint density at radius 1 is 1.50 bits per heavy atom. The number of nitrogens with zero attached hydrogens (tertiary/aromatic N) is 1. The lowest BCUT2D eigenvalue weighted by molar-refractivity contribution is -0.120. The second-order valence-corrected chi connectivity index (χ2v) is 4.47. The molecule has 0 heterocycles. The van der Waals surface area contributed by atoms with Gasteiger partial charge in [-0.1, -0.05) is 17.9 Å². The van der Waals surface area contributed by atoms with Crippen LogP contribution in [0.3, 0.4) is 0 Å². The lowest BCUT2D eigenvalue weighted by atomic mass is 10.1. The average molecular weight is 277 g/mol. The maximum Gasteiger partial charge on any atom is 0.221 e. The van der Waals surface area contributed by atoms with Crippen LogP contribution >= 0.6 is 0 Å². The Labute approximate surface area is 119 Å². The number of carbonyl (C=O) groups excluding carboxylic acids is 1. The molecule has 0 atom stereocenters. The van der Waals surface area contributed by atoms with Crippen LogP contribution < -0.4 is 11.1 Å². The third-order valence-electron chi connectivity index (χ3n) is 2.84. The molecule has 1 aromatic rings. The predicted octanol–water partition coefficient (Wildman–Crippen LogP) is 0.704. The maximum atomic E-state index is 13.2. The van der Waals surface area contributed by atoms with E-state index in [1.165, 1.54) is 12.1 Å². The Morgan fingerprint density at radius 2 is 2.25 bits per heavy atom. The molecule has 20 heavy (non-hydrogen) atoms. The summed E-state index contributed by atoms with van der Waals surface area (Å²) in [6.45, 7) is 1.47. The summed E-state index contributed by atoms with van der Waals surface area (Å²) in [5, 5.41) is 2.58. The zero-order valence-electron chi connectivity index (χ0n) is 11.9. The fourth-order valence-electron chi connectivity index (χ4n) is 1.74. The highest BCUT2D eigenvalue weighted by atomic mass is 19.1. The second-order valence-electron chi connectivity index (χ2n) is 4.47. The Morgan fingerprint density at radius 3 is 2.90 bits per heavy atom. The van der Waals surface area contributed by atoms with Gasteiger partial charge < -0.3 is 16.0 Å². The summed E-state index contributed by atoms with van der Waals surface area (Å²) < 4.78 is 13.2. The van der Waals surface area contributed by atoms with Gasteiger partial charge in [0, 0.05) is 32.1 Å². The Hall–Kier alpha value is -1.90. The van der Waals surface area contributed by atoms with Gasteiger partial charge in [-0.15, -0.1) is 0 Å². The van der Waals surface area contributed by atoms with Gasteiger partial charge in [0.15, 0.2) is 0 Å². The van der Waals surface area contributed by atoms with E-state index >= 15 is 0 Å². The van der Waals surface area contributed by atoms with E-state index in [4.69, 9.17) is 5.73 Å². The zero-order chi connectivity index (χ0) is 15.0. The van der Waals surface area contributed by atoms with Crippen molar-refractivity contribution in [3.05, 3.63) is 35.1 Å². The fraction of sp³-hybridized carbons (Fsp3) is 0.400. The lowest BCUT2D eigenvalue weighted by Crippen LogP contribution is -2.26. The molecule has 0 radical (unpaired) electrons. The molecule has 1 rings (SSSR count). The number of nitrogens with one attached hydrogen (secondary N) is 1. The van der Waals surface area contributed by atoms with Crippen LogP contribution in [-0.2, 0) is 11.3 Å². The standard InChI is InChI=1S/C15H20FN3O/c1-18-15(20)7-9-19(2)11-13-5-6-14(16)10-12(13)4-3-8-17/h5-6,10H,7-9,11,17H2,1-2H3,(H,18,20). The summed E-state index contributed by atoms with van der Waals surface area (Å²) in [6, 6.07) is 4.53. The normalized spacial score (nSPS) is 10.1. The molecule has 0 aliphatic carbocycles. The van der Waals surface area contributed by atoms with E-state index in [-0.39, 0.29) is 18.3 Å². The number of hydrogen-bond donors (Lipinski definition) is 2. The van der Waals surface area contributed by atoms with Crippen LogP contribution in [0.1, 0.15) is 17.5 Å². The van der Waals surface area contributed by atoms with Crippen molar-refractivity contribution in [2.75, 3.05) is 27.2 Å². The molecule has 0 aliphatic heterocycles. The molecule has 0 saturated carbocycles. The summed E-state index contributed by atoms with van der Waals surface area (Å²) in [4.78, 5) is 13.2. The fourth-order valence-corrected chi connectivity index (χ4v) is 1.74. The van der Waals surface area contributed by atoms with E-state index < -0.39 is 0 Å². The van der Waals surface area contributed by atoms with Crippen molar-refractivity contribution in [1.82, 2.24) is 10.2 Å². The lowest BCUT2D eigenvalue weighted by Gasteiger charge is -2.17. The minimum Gasteiger partial charge on any atom is -0.359 e. The molecule has 108 valence electrons. The zero-order valence-corrected chi connectivity index (χ0v) is 11.9. The quantitative estimate of drug-likeness (QED) is 0.779. The Balaban J connectivity index is 2.73.